The van der Waals surface area contributed by atoms with Gasteiger partial charge < -0.3 is 9.64 Å². The number of carbonyl (C=O) groups excluding carboxylic acids is 1. The largest absolute Gasteiger partial charge is 0.497 e. The van der Waals surface area contributed by atoms with E-state index in [1.54, 1.807) is 69.6 Å². The summed E-state index contributed by atoms with van der Waals surface area (Å²) >= 11 is 0. The van der Waals surface area contributed by atoms with Gasteiger partial charge in [0.1, 0.15) is 5.75 Å². The van der Waals surface area contributed by atoms with Gasteiger partial charge in [-0.05, 0) is 31.2 Å². The fourth-order valence-corrected chi connectivity index (χ4v) is 3.84. The summed E-state index contributed by atoms with van der Waals surface area (Å²) in [5.74, 6) is 0.303. The van der Waals surface area contributed by atoms with E-state index in [1.807, 2.05) is 6.92 Å². The Morgan fingerprint density at radius 2 is 1.77 bits per heavy atom. The lowest BCUT2D eigenvalue weighted by molar-refractivity contribution is -0.118. The fourth-order valence-electron chi connectivity index (χ4n) is 2.45. The number of likely N-dealkylation sites (N-methyl/N-ethyl adjacent to an activating group) is 2. The Kier molecular flexibility index (Phi) is 6.39. The summed E-state index contributed by atoms with van der Waals surface area (Å²) in [6.45, 7) is 3.57. The predicted octanol–water partition coefficient (Wildman–Crippen LogP) is 2.68. The Labute approximate surface area is 155 Å². The van der Waals surface area contributed by atoms with Crippen LogP contribution in [0.4, 0.5) is 5.69 Å². The number of hydrogen-bond acceptors (Lipinski definition) is 4. The van der Waals surface area contributed by atoms with E-state index in [4.69, 9.17) is 4.74 Å². The molecule has 0 atom stereocenters. The third kappa shape index (κ3) is 4.42. The Morgan fingerprint density at radius 1 is 1.12 bits per heavy atom. The number of rotatable bonds is 7. The van der Waals surface area contributed by atoms with Crippen LogP contribution in [0.25, 0.3) is 0 Å². The molecule has 0 aliphatic carbocycles. The number of aryl methyl sites for hydroxylation is 1. The van der Waals surface area contributed by atoms with Gasteiger partial charge in [-0.15, -0.1) is 0 Å². The molecular weight excluding hydrogens is 352 g/mol. The molecule has 0 bridgehead atoms. The molecule has 26 heavy (non-hydrogen) atoms. The van der Waals surface area contributed by atoms with Crippen LogP contribution in [0.5, 0.6) is 5.75 Å². The first-order chi connectivity index (χ1) is 12.3. The van der Waals surface area contributed by atoms with Crippen molar-refractivity contribution in [2.45, 2.75) is 18.7 Å². The lowest BCUT2D eigenvalue weighted by atomic mass is 10.2. The van der Waals surface area contributed by atoms with Gasteiger partial charge in [-0.25, -0.2) is 8.42 Å². The molecule has 0 spiro atoms. The molecule has 6 nitrogen and oxygen atoms in total. The van der Waals surface area contributed by atoms with E-state index < -0.39 is 10.0 Å². The van der Waals surface area contributed by atoms with Crippen molar-refractivity contribution < 1.29 is 17.9 Å². The Hall–Kier alpha value is -2.38. The number of anilines is 1. The van der Waals surface area contributed by atoms with Gasteiger partial charge in [-0.2, -0.15) is 4.31 Å². The van der Waals surface area contributed by atoms with Crippen LogP contribution < -0.4 is 9.64 Å². The van der Waals surface area contributed by atoms with Gasteiger partial charge in [-0.3, -0.25) is 4.79 Å². The van der Waals surface area contributed by atoms with Gasteiger partial charge in [0.05, 0.1) is 18.6 Å². The summed E-state index contributed by atoms with van der Waals surface area (Å²) in [6, 6.07) is 13.7. The topological polar surface area (TPSA) is 66.9 Å². The highest BCUT2D eigenvalue weighted by molar-refractivity contribution is 7.89. The van der Waals surface area contributed by atoms with E-state index in [2.05, 4.69) is 0 Å². The van der Waals surface area contributed by atoms with Gasteiger partial charge in [0, 0.05) is 25.3 Å². The Bertz CT molecular complexity index is 863. The second-order valence-electron chi connectivity index (χ2n) is 5.90. The summed E-state index contributed by atoms with van der Waals surface area (Å²) in [7, 11) is -0.566. The minimum absolute atomic E-state index is 0.182. The number of benzene rings is 2. The van der Waals surface area contributed by atoms with Crippen LogP contribution in [-0.2, 0) is 14.8 Å². The van der Waals surface area contributed by atoms with Gasteiger partial charge in [0.15, 0.2) is 0 Å². The average Bonchev–Trinajstić information content (AvgIpc) is 2.65. The van der Waals surface area contributed by atoms with E-state index in [1.165, 1.54) is 9.21 Å². The summed E-state index contributed by atoms with van der Waals surface area (Å²) in [6.07, 6.45) is 0. The van der Waals surface area contributed by atoms with Crippen molar-refractivity contribution in [3.05, 3.63) is 54.1 Å². The molecule has 0 saturated heterocycles. The monoisotopic (exact) mass is 376 g/mol. The minimum atomic E-state index is -3.73. The van der Waals surface area contributed by atoms with E-state index >= 15 is 0 Å². The standard InChI is InChI=1S/C19H24N2O4S/c1-5-21(26(23,24)18-11-9-15(2)10-12-18)14-19(22)20(3)16-7-6-8-17(13-16)25-4/h6-13H,5,14H2,1-4H3. The van der Waals surface area contributed by atoms with Crippen molar-refractivity contribution in [1.29, 1.82) is 0 Å². The molecule has 1 amide bonds. The Morgan fingerprint density at radius 3 is 2.35 bits per heavy atom. The molecule has 2 aromatic carbocycles. The zero-order chi connectivity index (χ0) is 19.3. The fraction of sp³-hybridized carbons (Fsp3) is 0.316. The second kappa shape index (κ2) is 8.33. The molecule has 0 aliphatic heterocycles. The second-order valence-corrected chi connectivity index (χ2v) is 7.84. The molecule has 2 rings (SSSR count). The highest BCUT2D eigenvalue weighted by atomic mass is 32.2. The van der Waals surface area contributed by atoms with E-state index in [0.717, 1.165) is 5.56 Å². The molecule has 140 valence electrons. The van der Waals surface area contributed by atoms with Crippen molar-refractivity contribution in [2.24, 2.45) is 0 Å². The van der Waals surface area contributed by atoms with Crippen LogP contribution in [0.15, 0.2) is 53.4 Å². The number of ether oxygens (including phenoxy) is 1. The van der Waals surface area contributed by atoms with Crippen molar-refractivity contribution in [3.8, 4) is 5.75 Å². The smallest absolute Gasteiger partial charge is 0.243 e. The highest BCUT2D eigenvalue weighted by Crippen LogP contribution is 2.21. The third-order valence-corrected chi connectivity index (χ3v) is 6.07. The summed E-state index contributed by atoms with van der Waals surface area (Å²) in [5, 5.41) is 0. The van der Waals surface area contributed by atoms with Gasteiger partial charge in [0.25, 0.3) is 0 Å². The summed E-state index contributed by atoms with van der Waals surface area (Å²) in [4.78, 5) is 14.2. The molecular formula is C19H24N2O4S. The van der Waals surface area contributed by atoms with Crippen LogP contribution >= 0.6 is 0 Å². The van der Waals surface area contributed by atoms with Crippen molar-refractivity contribution in [2.75, 3.05) is 32.1 Å². The molecule has 0 aromatic heterocycles. The van der Waals surface area contributed by atoms with Crippen LogP contribution in [0.2, 0.25) is 0 Å². The number of carbonyl (C=O) groups is 1. The third-order valence-electron chi connectivity index (χ3n) is 4.14. The van der Waals surface area contributed by atoms with Crippen molar-refractivity contribution in [3.63, 3.8) is 0 Å². The number of methoxy groups -OCH3 is 1. The SMILES string of the molecule is CCN(CC(=O)N(C)c1cccc(OC)c1)S(=O)(=O)c1ccc(C)cc1. The molecule has 0 saturated carbocycles. The molecule has 2 aromatic rings. The van der Waals surface area contributed by atoms with Gasteiger partial charge in [0.2, 0.25) is 15.9 Å². The predicted molar refractivity (Wildman–Crippen MR) is 102 cm³/mol. The average molecular weight is 376 g/mol. The lowest BCUT2D eigenvalue weighted by Gasteiger charge is -2.24. The minimum Gasteiger partial charge on any atom is -0.497 e. The van der Waals surface area contributed by atoms with Crippen molar-refractivity contribution >= 4 is 21.6 Å². The van der Waals surface area contributed by atoms with Gasteiger partial charge >= 0.3 is 0 Å². The quantitative estimate of drug-likeness (QED) is 0.745. The maximum absolute atomic E-state index is 12.8. The molecule has 0 unspecified atom stereocenters. The van der Waals surface area contributed by atoms with Crippen LogP contribution in [0.1, 0.15) is 12.5 Å². The molecule has 0 N–H and O–H groups in total. The molecule has 0 aliphatic rings. The first-order valence-electron chi connectivity index (χ1n) is 8.27. The first-order valence-corrected chi connectivity index (χ1v) is 9.71. The highest BCUT2D eigenvalue weighted by Gasteiger charge is 2.26. The van der Waals surface area contributed by atoms with Crippen LogP contribution in [0.3, 0.4) is 0 Å². The molecule has 0 heterocycles. The van der Waals surface area contributed by atoms with E-state index in [0.29, 0.717) is 11.4 Å². The van der Waals surface area contributed by atoms with Crippen molar-refractivity contribution in [1.82, 2.24) is 4.31 Å². The number of sulfonamides is 1. The maximum Gasteiger partial charge on any atom is 0.243 e. The first kappa shape index (κ1) is 19.9. The normalized spacial score (nSPS) is 11.4. The number of nitrogens with zero attached hydrogens (tertiary/aromatic N) is 2. The number of amides is 1. The maximum atomic E-state index is 12.8. The number of hydrogen-bond donors (Lipinski definition) is 0. The van der Waals surface area contributed by atoms with E-state index in [-0.39, 0.29) is 23.9 Å². The van der Waals surface area contributed by atoms with Crippen LogP contribution in [-0.4, -0.2) is 45.9 Å². The zero-order valence-corrected chi connectivity index (χ0v) is 16.3. The molecule has 0 radical (unpaired) electrons. The van der Waals surface area contributed by atoms with Crippen LogP contribution in [0, 0.1) is 6.92 Å². The van der Waals surface area contributed by atoms with Gasteiger partial charge in [-0.1, -0.05) is 30.7 Å². The zero-order valence-electron chi connectivity index (χ0n) is 15.5. The molecule has 0 fully saturated rings. The molecule has 7 heteroatoms. The Balaban J connectivity index is 2.20. The summed E-state index contributed by atoms with van der Waals surface area (Å²) in [5.41, 5.74) is 1.61. The lowest BCUT2D eigenvalue weighted by Crippen LogP contribution is -2.41. The summed E-state index contributed by atoms with van der Waals surface area (Å²) < 4.78 is 32.0. The van der Waals surface area contributed by atoms with E-state index in [9.17, 15) is 13.2 Å².